The largest absolute Gasteiger partial charge is 0.497 e. The molecule has 1 aromatic heterocycles. The zero-order valence-corrected chi connectivity index (χ0v) is 18.8. The first-order valence-corrected chi connectivity index (χ1v) is 11.4. The molecule has 32 heavy (non-hydrogen) atoms. The molecule has 1 saturated carbocycles. The van der Waals surface area contributed by atoms with Crippen LogP contribution in [-0.4, -0.2) is 54.0 Å². The van der Waals surface area contributed by atoms with Gasteiger partial charge in [0, 0.05) is 50.3 Å². The number of methoxy groups -OCH3 is 1. The second-order valence-corrected chi connectivity index (χ2v) is 8.72. The van der Waals surface area contributed by atoms with Crippen LogP contribution in [0.3, 0.4) is 0 Å². The number of aromatic nitrogens is 1. The van der Waals surface area contributed by atoms with Crippen LogP contribution >= 0.6 is 0 Å². The molecule has 0 bridgehead atoms. The fraction of sp³-hybridized carbons (Fsp3) is 0.480. The average Bonchev–Trinajstić information content (AvgIpc) is 3.65. The van der Waals surface area contributed by atoms with Crippen molar-refractivity contribution < 1.29 is 19.1 Å². The molecule has 2 amide bonds. The van der Waals surface area contributed by atoms with Crippen molar-refractivity contribution in [3.63, 3.8) is 0 Å². The van der Waals surface area contributed by atoms with Crippen LogP contribution in [0.5, 0.6) is 11.5 Å². The van der Waals surface area contributed by atoms with E-state index in [1.165, 1.54) is 0 Å². The van der Waals surface area contributed by atoms with E-state index in [2.05, 4.69) is 10.3 Å². The number of nitrogens with zero attached hydrogens (tertiary/aromatic N) is 2. The average molecular weight is 438 g/mol. The van der Waals surface area contributed by atoms with Crippen molar-refractivity contribution in [3.05, 3.63) is 53.9 Å². The number of carbonyl (C=O) groups is 2. The smallest absolute Gasteiger partial charge is 0.255 e. The van der Waals surface area contributed by atoms with Crippen molar-refractivity contribution in [2.75, 3.05) is 20.2 Å². The molecule has 1 aliphatic carbocycles. The first kappa shape index (κ1) is 22.1. The molecule has 1 aliphatic heterocycles. The summed E-state index contributed by atoms with van der Waals surface area (Å²) in [5, 5.41) is 3.06. The van der Waals surface area contributed by atoms with Gasteiger partial charge in [-0.3, -0.25) is 14.6 Å². The quantitative estimate of drug-likeness (QED) is 0.686. The van der Waals surface area contributed by atoms with Crippen molar-refractivity contribution in [2.45, 2.75) is 51.2 Å². The van der Waals surface area contributed by atoms with Crippen LogP contribution < -0.4 is 14.8 Å². The van der Waals surface area contributed by atoms with Gasteiger partial charge in [0.1, 0.15) is 17.6 Å². The summed E-state index contributed by atoms with van der Waals surface area (Å²) < 4.78 is 11.6. The normalized spacial score (nSPS) is 17.5. The van der Waals surface area contributed by atoms with Crippen LogP contribution in [0.25, 0.3) is 0 Å². The highest BCUT2D eigenvalue weighted by Gasteiger charge is 2.35. The summed E-state index contributed by atoms with van der Waals surface area (Å²) >= 11 is 0. The van der Waals surface area contributed by atoms with Gasteiger partial charge in [-0.05, 0) is 56.0 Å². The highest BCUT2D eigenvalue weighted by atomic mass is 16.5. The Labute approximate surface area is 189 Å². The van der Waals surface area contributed by atoms with Crippen molar-refractivity contribution in [2.24, 2.45) is 5.92 Å². The van der Waals surface area contributed by atoms with Crippen molar-refractivity contribution in [1.82, 2.24) is 15.2 Å². The van der Waals surface area contributed by atoms with Crippen molar-refractivity contribution >= 4 is 11.8 Å². The highest BCUT2D eigenvalue weighted by molar-refractivity contribution is 5.97. The molecule has 2 aliphatic rings. The molecule has 7 nitrogen and oxygen atoms in total. The molecule has 4 rings (SSSR count). The minimum atomic E-state index is -0.198. The number of amides is 2. The molecule has 170 valence electrons. The van der Waals surface area contributed by atoms with Crippen LogP contribution in [0, 0.1) is 5.92 Å². The van der Waals surface area contributed by atoms with Gasteiger partial charge in [0.15, 0.2) is 0 Å². The summed E-state index contributed by atoms with van der Waals surface area (Å²) in [7, 11) is 1.58. The summed E-state index contributed by atoms with van der Waals surface area (Å²) in [5.74, 6) is 1.49. The van der Waals surface area contributed by atoms with E-state index in [9.17, 15) is 9.59 Å². The molecule has 0 spiro atoms. The molecule has 2 aromatic rings. The minimum absolute atomic E-state index is 0.0222. The number of benzene rings is 1. The van der Waals surface area contributed by atoms with Crippen LogP contribution in [-0.2, 0) is 11.2 Å². The lowest BCUT2D eigenvalue weighted by molar-refractivity contribution is -0.134. The first-order chi connectivity index (χ1) is 15.5. The Morgan fingerprint density at radius 2 is 1.97 bits per heavy atom. The lowest BCUT2D eigenvalue weighted by atomic mass is 10.1. The predicted octanol–water partition coefficient (Wildman–Crippen LogP) is 3.23. The number of pyridine rings is 1. The topological polar surface area (TPSA) is 80.8 Å². The number of piperidine rings is 1. The maximum absolute atomic E-state index is 13.1. The molecule has 1 N–H and O–H groups in total. The van der Waals surface area contributed by atoms with Gasteiger partial charge in [-0.25, -0.2) is 0 Å². The zero-order chi connectivity index (χ0) is 22.5. The summed E-state index contributed by atoms with van der Waals surface area (Å²) in [6.45, 7) is 3.39. The van der Waals surface area contributed by atoms with Gasteiger partial charge in [0.05, 0.1) is 12.7 Å². The molecule has 0 radical (unpaired) electrons. The van der Waals surface area contributed by atoms with Gasteiger partial charge in [-0.15, -0.1) is 0 Å². The lowest BCUT2D eigenvalue weighted by Gasteiger charge is -2.32. The van der Waals surface area contributed by atoms with Crippen LogP contribution in [0.4, 0.5) is 0 Å². The first-order valence-electron chi connectivity index (χ1n) is 11.4. The van der Waals surface area contributed by atoms with E-state index in [-0.39, 0.29) is 29.9 Å². The molecule has 7 heteroatoms. The Hall–Kier alpha value is -3.09. The number of hydrogen-bond donors (Lipinski definition) is 1. The number of carbonyl (C=O) groups excluding carboxylic acids is 2. The SMILES string of the molecule is COc1ccc(OC2CCN(C(=O)C3CC3)CC2)c(C(=O)NC(C)Cc2cccnc2)c1. The monoisotopic (exact) mass is 437 g/mol. The van der Waals surface area contributed by atoms with Gasteiger partial charge in [0.2, 0.25) is 5.91 Å². The predicted molar refractivity (Wildman–Crippen MR) is 121 cm³/mol. The molecular formula is C25H31N3O4. The maximum atomic E-state index is 13.1. The van der Waals surface area contributed by atoms with Crippen molar-refractivity contribution in [3.8, 4) is 11.5 Å². The number of nitrogens with one attached hydrogen (secondary N) is 1. The summed E-state index contributed by atoms with van der Waals surface area (Å²) in [6.07, 6.45) is 7.80. The highest BCUT2D eigenvalue weighted by Crippen LogP contribution is 2.33. The van der Waals surface area contributed by atoms with Gasteiger partial charge in [-0.1, -0.05) is 6.07 Å². The van der Waals surface area contributed by atoms with Gasteiger partial charge in [0.25, 0.3) is 5.91 Å². The van der Waals surface area contributed by atoms with Crippen LogP contribution in [0.15, 0.2) is 42.7 Å². The van der Waals surface area contributed by atoms with Gasteiger partial charge in [-0.2, -0.15) is 0 Å². The molecule has 2 fully saturated rings. The third-order valence-corrected chi connectivity index (χ3v) is 6.05. The number of hydrogen-bond acceptors (Lipinski definition) is 5. The number of likely N-dealkylation sites (tertiary alicyclic amines) is 1. The Morgan fingerprint density at radius 3 is 2.62 bits per heavy atom. The molecule has 1 atom stereocenters. The maximum Gasteiger partial charge on any atom is 0.255 e. The molecule has 1 aromatic carbocycles. The van der Waals surface area contributed by atoms with Gasteiger partial charge >= 0.3 is 0 Å². The summed E-state index contributed by atoms with van der Waals surface area (Å²) in [6, 6.07) is 9.13. The molecule has 1 unspecified atom stereocenters. The molecule has 2 heterocycles. The summed E-state index contributed by atoms with van der Waals surface area (Å²) in [4.78, 5) is 31.5. The van der Waals surface area contributed by atoms with Crippen LogP contribution in [0.2, 0.25) is 0 Å². The van der Waals surface area contributed by atoms with Gasteiger partial charge < -0.3 is 19.7 Å². The van der Waals surface area contributed by atoms with E-state index in [1.54, 1.807) is 31.5 Å². The Balaban J connectivity index is 1.39. The van der Waals surface area contributed by atoms with E-state index < -0.39 is 0 Å². The molecular weight excluding hydrogens is 406 g/mol. The van der Waals surface area contributed by atoms with E-state index >= 15 is 0 Å². The van der Waals surface area contributed by atoms with E-state index in [4.69, 9.17) is 9.47 Å². The van der Waals surface area contributed by atoms with E-state index in [0.29, 0.717) is 36.6 Å². The zero-order valence-electron chi connectivity index (χ0n) is 18.8. The molecule has 1 saturated heterocycles. The second-order valence-electron chi connectivity index (χ2n) is 8.72. The fourth-order valence-corrected chi connectivity index (χ4v) is 4.10. The third kappa shape index (κ3) is 5.58. The standard InChI is InChI=1S/C25H31N3O4/c1-17(14-18-4-3-11-26-16-18)27-24(29)22-15-21(31-2)7-8-23(22)32-20-9-12-28(13-10-20)25(30)19-5-6-19/h3-4,7-8,11,15-17,19-20H,5-6,9-10,12-14H2,1-2H3,(H,27,29). The minimum Gasteiger partial charge on any atom is -0.497 e. The number of ether oxygens (including phenoxy) is 2. The van der Waals surface area contributed by atoms with Crippen LogP contribution in [0.1, 0.15) is 48.5 Å². The van der Waals surface area contributed by atoms with E-state index in [1.807, 2.05) is 30.2 Å². The lowest BCUT2D eigenvalue weighted by Crippen LogP contribution is -2.42. The second kappa shape index (κ2) is 10.0. The summed E-state index contributed by atoms with van der Waals surface area (Å²) in [5.41, 5.74) is 1.52. The number of rotatable bonds is 8. The van der Waals surface area contributed by atoms with Crippen molar-refractivity contribution in [1.29, 1.82) is 0 Å². The third-order valence-electron chi connectivity index (χ3n) is 6.05. The Kier molecular flexibility index (Phi) is 6.93. The van der Waals surface area contributed by atoms with E-state index in [0.717, 1.165) is 31.2 Å². The Bertz CT molecular complexity index is 937. The Morgan fingerprint density at radius 1 is 1.19 bits per heavy atom. The fourth-order valence-electron chi connectivity index (χ4n) is 4.10.